The Morgan fingerprint density at radius 1 is 1.00 bits per heavy atom. The highest BCUT2D eigenvalue weighted by molar-refractivity contribution is 14.1. The first kappa shape index (κ1) is 13.6. The van der Waals surface area contributed by atoms with Crippen LogP contribution in [-0.4, -0.2) is 5.91 Å². The van der Waals surface area contributed by atoms with E-state index in [-0.39, 0.29) is 11.3 Å². The number of halogens is 1. The fraction of sp³-hybridized carbons (Fsp3) is 0.235. The smallest absolute Gasteiger partial charge is 0.235 e. The zero-order valence-electron chi connectivity index (χ0n) is 11.1. The van der Waals surface area contributed by atoms with Crippen molar-refractivity contribution in [3.8, 4) is 0 Å². The van der Waals surface area contributed by atoms with Gasteiger partial charge < -0.3 is 5.32 Å². The Labute approximate surface area is 132 Å². The van der Waals surface area contributed by atoms with E-state index in [1.165, 1.54) is 0 Å². The van der Waals surface area contributed by atoms with Crippen LogP contribution in [0.2, 0.25) is 0 Å². The van der Waals surface area contributed by atoms with Crippen molar-refractivity contribution in [1.82, 2.24) is 0 Å². The van der Waals surface area contributed by atoms with Crippen LogP contribution in [-0.2, 0) is 10.2 Å². The number of hydrogen-bond donors (Lipinski definition) is 1. The zero-order chi connectivity index (χ0) is 14.0. The summed E-state index contributed by atoms with van der Waals surface area (Å²) in [6.45, 7) is 0. The van der Waals surface area contributed by atoms with E-state index in [0.29, 0.717) is 0 Å². The third kappa shape index (κ3) is 2.35. The molecular weight excluding hydrogens is 361 g/mol. The molecule has 0 radical (unpaired) electrons. The summed E-state index contributed by atoms with van der Waals surface area (Å²) in [4.78, 5) is 12.8. The highest BCUT2D eigenvalue weighted by Crippen LogP contribution is 2.44. The number of anilines is 1. The maximum absolute atomic E-state index is 12.8. The Morgan fingerprint density at radius 2 is 1.65 bits per heavy atom. The van der Waals surface area contributed by atoms with Gasteiger partial charge in [0, 0.05) is 3.57 Å². The molecule has 2 aromatic rings. The zero-order valence-corrected chi connectivity index (χ0v) is 13.3. The van der Waals surface area contributed by atoms with Gasteiger partial charge in [-0.25, -0.2) is 0 Å². The summed E-state index contributed by atoms with van der Waals surface area (Å²) < 4.78 is 1.07. The molecule has 2 aromatic carbocycles. The van der Waals surface area contributed by atoms with Crippen molar-refractivity contribution >= 4 is 34.2 Å². The molecule has 0 aliphatic heterocycles. The second kappa shape index (κ2) is 5.56. The van der Waals surface area contributed by atoms with Gasteiger partial charge in [-0.15, -0.1) is 0 Å². The van der Waals surface area contributed by atoms with E-state index >= 15 is 0 Å². The Kier molecular flexibility index (Phi) is 3.78. The van der Waals surface area contributed by atoms with Crippen LogP contribution in [0, 0.1) is 3.57 Å². The molecule has 0 aromatic heterocycles. The maximum Gasteiger partial charge on any atom is 0.235 e. The number of carbonyl (C=O) groups excluding carboxylic acids is 1. The summed E-state index contributed by atoms with van der Waals surface area (Å²) >= 11 is 2.25. The number of nitrogens with one attached hydrogen (secondary N) is 1. The van der Waals surface area contributed by atoms with Crippen LogP contribution in [0.5, 0.6) is 0 Å². The summed E-state index contributed by atoms with van der Waals surface area (Å²) in [5, 5.41) is 3.11. The highest BCUT2D eigenvalue weighted by Gasteiger charge is 2.45. The fourth-order valence-corrected chi connectivity index (χ4v) is 3.26. The van der Waals surface area contributed by atoms with Crippen molar-refractivity contribution in [2.75, 3.05) is 5.32 Å². The molecule has 20 heavy (non-hydrogen) atoms. The average molecular weight is 377 g/mol. The van der Waals surface area contributed by atoms with Crippen molar-refractivity contribution in [3.63, 3.8) is 0 Å². The molecule has 1 amide bonds. The van der Waals surface area contributed by atoms with Gasteiger partial charge in [-0.3, -0.25) is 4.79 Å². The Hall–Kier alpha value is -1.36. The Bertz CT molecular complexity index is 620. The number of hydrogen-bond acceptors (Lipinski definition) is 1. The van der Waals surface area contributed by atoms with E-state index in [2.05, 4.69) is 40.0 Å². The lowest BCUT2D eigenvalue weighted by Crippen LogP contribution is -2.46. The Balaban J connectivity index is 1.87. The minimum atomic E-state index is -0.333. The molecule has 3 rings (SSSR count). The second-order valence-electron chi connectivity index (χ2n) is 5.24. The molecule has 1 N–H and O–H groups in total. The number of carbonyl (C=O) groups is 1. The molecule has 0 atom stereocenters. The van der Waals surface area contributed by atoms with Crippen LogP contribution < -0.4 is 5.32 Å². The van der Waals surface area contributed by atoms with Crippen LogP contribution in [0.3, 0.4) is 0 Å². The van der Waals surface area contributed by atoms with Gasteiger partial charge in [0.1, 0.15) is 0 Å². The van der Waals surface area contributed by atoms with Crippen LogP contribution in [0.4, 0.5) is 5.69 Å². The molecule has 1 aliphatic carbocycles. The topological polar surface area (TPSA) is 29.1 Å². The number of amides is 1. The summed E-state index contributed by atoms with van der Waals surface area (Å²) in [7, 11) is 0. The third-order valence-electron chi connectivity index (χ3n) is 4.09. The van der Waals surface area contributed by atoms with Gasteiger partial charge in [-0.1, -0.05) is 48.9 Å². The standard InChI is InChI=1S/C17H16INO/c18-14-9-4-5-10-15(14)19-16(20)17(11-6-12-17)13-7-2-1-3-8-13/h1-5,7-10H,6,11-12H2,(H,19,20). The van der Waals surface area contributed by atoms with Gasteiger partial charge in [0.05, 0.1) is 11.1 Å². The molecule has 0 spiro atoms. The summed E-state index contributed by atoms with van der Waals surface area (Å²) in [5.41, 5.74) is 1.70. The van der Waals surface area contributed by atoms with Crippen molar-refractivity contribution in [1.29, 1.82) is 0 Å². The quantitative estimate of drug-likeness (QED) is 0.792. The highest BCUT2D eigenvalue weighted by atomic mass is 127. The lowest BCUT2D eigenvalue weighted by Gasteiger charge is -2.40. The van der Waals surface area contributed by atoms with Gasteiger partial charge in [-0.05, 0) is 53.1 Å². The van der Waals surface area contributed by atoms with E-state index in [9.17, 15) is 4.79 Å². The summed E-state index contributed by atoms with van der Waals surface area (Å²) in [6.07, 6.45) is 2.99. The molecule has 0 saturated heterocycles. The van der Waals surface area contributed by atoms with Crippen LogP contribution in [0.25, 0.3) is 0 Å². The van der Waals surface area contributed by atoms with Crippen LogP contribution in [0.1, 0.15) is 24.8 Å². The first-order chi connectivity index (χ1) is 9.72. The van der Waals surface area contributed by atoms with Gasteiger partial charge in [0.2, 0.25) is 5.91 Å². The molecule has 102 valence electrons. The van der Waals surface area contributed by atoms with Crippen molar-refractivity contribution in [2.45, 2.75) is 24.7 Å². The summed E-state index contributed by atoms with van der Waals surface area (Å²) in [6, 6.07) is 18.0. The predicted molar refractivity (Wildman–Crippen MR) is 89.8 cm³/mol. The molecule has 0 heterocycles. The molecule has 2 nitrogen and oxygen atoms in total. The van der Waals surface area contributed by atoms with Crippen LogP contribution in [0.15, 0.2) is 54.6 Å². The largest absolute Gasteiger partial charge is 0.324 e. The lowest BCUT2D eigenvalue weighted by molar-refractivity contribution is -0.124. The Morgan fingerprint density at radius 3 is 2.25 bits per heavy atom. The van der Waals surface area contributed by atoms with Gasteiger partial charge in [0.15, 0.2) is 0 Å². The predicted octanol–water partition coefficient (Wildman–Crippen LogP) is 4.35. The summed E-state index contributed by atoms with van der Waals surface area (Å²) in [5.74, 6) is 0.124. The first-order valence-electron chi connectivity index (χ1n) is 6.84. The number of rotatable bonds is 3. The van der Waals surface area contributed by atoms with E-state index in [1.54, 1.807) is 0 Å². The molecule has 1 aliphatic rings. The number of para-hydroxylation sites is 1. The molecule has 0 unspecified atom stereocenters. The molecule has 0 bridgehead atoms. The third-order valence-corrected chi connectivity index (χ3v) is 5.03. The first-order valence-corrected chi connectivity index (χ1v) is 7.92. The second-order valence-corrected chi connectivity index (χ2v) is 6.40. The van der Waals surface area contributed by atoms with E-state index < -0.39 is 0 Å². The van der Waals surface area contributed by atoms with Crippen LogP contribution >= 0.6 is 22.6 Å². The molecule has 1 fully saturated rings. The van der Waals surface area contributed by atoms with E-state index in [0.717, 1.165) is 34.1 Å². The molecular formula is C17H16INO. The molecule has 1 saturated carbocycles. The molecule has 3 heteroatoms. The van der Waals surface area contributed by atoms with E-state index in [4.69, 9.17) is 0 Å². The van der Waals surface area contributed by atoms with Gasteiger partial charge >= 0.3 is 0 Å². The lowest BCUT2D eigenvalue weighted by atomic mass is 9.64. The minimum absolute atomic E-state index is 0.124. The maximum atomic E-state index is 12.8. The monoisotopic (exact) mass is 377 g/mol. The fourth-order valence-electron chi connectivity index (χ4n) is 2.74. The average Bonchev–Trinajstić information content (AvgIpc) is 2.41. The van der Waals surface area contributed by atoms with Crippen molar-refractivity contribution in [2.24, 2.45) is 0 Å². The van der Waals surface area contributed by atoms with Crippen molar-refractivity contribution in [3.05, 3.63) is 63.7 Å². The normalized spacial score (nSPS) is 16.2. The van der Waals surface area contributed by atoms with Crippen molar-refractivity contribution < 1.29 is 4.79 Å². The van der Waals surface area contributed by atoms with Gasteiger partial charge in [0.25, 0.3) is 0 Å². The number of benzene rings is 2. The van der Waals surface area contributed by atoms with Gasteiger partial charge in [-0.2, -0.15) is 0 Å². The van der Waals surface area contributed by atoms with E-state index in [1.807, 2.05) is 42.5 Å². The minimum Gasteiger partial charge on any atom is -0.324 e. The SMILES string of the molecule is O=C(Nc1ccccc1I)C1(c2ccccc2)CCC1.